The highest BCUT2D eigenvalue weighted by Crippen LogP contribution is 2.28. The van der Waals surface area contributed by atoms with Gasteiger partial charge in [0.25, 0.3) is 10.0 Å². The van der Waals surface area contributed by atoms with Crippen LogP contribution in [-0.4, -0.2) is 28.0 Å². The molecule has 0 unspecified atom stereocenters. The molecular weight excluding hydrogens is 356 g/mol. The standard InChI is InChI=1S/C18H20N2O5S/c1-4-11-25-15-7-5-14(6-8-15)20-26(22,23)16-9-10-18(24-3)17(12-16)19-13(2)21/h4-10,12,20H,1,11H2,2-3H3,(H,19,21). The van der Waals surface area contributed by atoms with Gasteiger partial charge in [0.05, 0.1) is 17.7 Å². The van der Waals surface area contributed by atoms with E-state index in [1.54, 1.807) is 30.3 Å². The third-order valence-corrected chi connectivity index (χ3v) is 4.65. The minimum absolute atomic E-state index is 0.00552. The predicted octanol–water partition coefficient (Wildman–Crippen LogP) is 3.02. The predicted molar refractivity (Wildman–Crippen MR) is 100 cm³/mol. The van der Waals surface area contributed by atoms with E-state index in [2.05, 4.69) is 16.6 Å². The van der Waals surface area contributed by atoms with E-state index in [0.717, 1.165) is 0 Å². The Bertz CT molecular complexity index is 892. The number of amides is 1. The molecule has 1 amide bonds. The Kier molecular flexibility index (Phi) is 6.24. The Hall–Kier alpha value is -3.00. The molecule has 8 heteroatoms. The molecule has 26 heavy (non-hydrogen) atoms. The molecule has 0 fully saturated rings. The Balaban J connectivity index is 2.24. The summed E-state index contributed by atoms with van der Waals surface area (Å²) in [4.78, 5) is 11.3. The second-order valence-corrected chi connectivity index (χ2v) is 6.96. The highest BCUT2D eigenvalue weighted by atomic mass is 32.2. The van der Waals surface area contributed by atoms with Crippen molar-refractivity contribution in [1.29, 1.82) is 0 Å². The molecule has 2 N–H and O–H groups in total. The van der Waals surface area contributed by atoms with Crippen molar-refractivity contribution in [2.24, 2.45) is 0 Å². The molecule has 2 aromatic carbocycles. The average Bonchev–Trinajstić information content (AvgIpc) is 2.60. The second kappa shape index (κ2) is 8.39. The second-order valence-electron chi connectivity index (χ2n) is 5.27. The molecule has 7 nitrogen and oxygen atoms in total. The summed E-state index contributed by atoms with van der Waals surface area (Å²) in [6.45, 7) is 5.25. The van der Waals surface area contributed by atoms with E-state index in [9.17, 15) is 13.2 Å². The van der Waals surface area contributed by atoms with Gasteiger partial charge in [-0.25, -0.2) is 8.42 Å². The maximum absolute atomic E-state index is 12.6. The molecule has 0 aliphatic carbocycles. The minimum Gasteiger partial charge on any atom is -0.495 e. The molecule has 0 saturated carbocycles. The van der Waals surface area contributed by atoms with Gasteiger partial charge in [0.2, 0.25) is 5.91 Å². The van der Waals surface area contributed by atoms with Crippen LogP contribution in [0.2, 0.25) is 0 Å². The molecule has 0 aliphatic heterocycles. The number of rotatable bonds is 8. The summed E-state index contributed by atoms with van der Waals surface area (Å²) < 4.78 is 38.1. The number of carbonyl (C=O) groups is 1. The Labute approximate surface area is 152 Å². The molecule has 0 heterocycles. The molecule has 0 atom stereocenters. The van der Waals surface area contributed by atoms with Crippen molar-refractivity contribution in [3.63, 3.8) is 0 Å². The third kappa shape index (κ3) is 5.00. The van der Waals surface area contributed by atoms with Crippen LogP contribution in [0.5, 0.6) is 11.5 Å². The van der Waals surface area contributed by atoms with Gasteiger partial charge in [-0.2, -0.15) is 0 Å². The van der Waals surface area contributed by atoms with Crippen LogP contribution in [0, 0.1) is 0 Å². The highest BCUT2D eigenvalue weighted by Gasteiger charge is 2.17. The lowest BCUT2D eigenvalue weighted by molar-refractivity contribution is -0.114. The lowest BCUT2D eigenvalue weighted by Gasteiger charge is -2.13. The molecule has 0 aliphatic rings. The Morgan fingerprint density at radius 1 is 1.19 bits per heavy atom. The number of anilines is 2. The zero-order chi connectivity index (χ0) is 19.2. The van der Waals surface area contributed by atoms with Crippen molar-refractivity contribution in [1.82, 2.24) is 0 Å². The summed E-state index contributed by atoms with van der Waals surface area (Å²) in [6, 6.07) is 10.7. The molecule has 0 bridgehead atoms. The monoisotopic (exact) mass is 376 g/mol. The van der Waals surface area contributed by atoms with Gasteiger partial charge in [-0.15, -0.1) is 0 Å². The molecule has 0 radical (unpaired) electrons. The summed E-state index contributed by atoms with van der Waals surface area (Å²) in [5.41, 5.74) is 0.656. The van der Waals surface area contributed by atoms with E-state index < -0.39 is 10.0 Å². The van der Waals surface area contributed by atoms with Gasteiger partial charge >= 0.3 is 0 Å². The summed E-state index contributed by atoms with van der Waals surface area (Å²) in [6.07, 6.45) is 1.62. The SMILES string of the molecule is C=CCOc1ccc(NS(=O)(=O)c2ccc(OC)c(NC(C)=O)c2)cc1. The number of nitrogens with one attached hydrogen (secondary N) is 2. The van der Waals surface area contributed by atoms with E-state index in [0.29, 0.717) is 23.8 Å². The molecular formula is C18H20N2O5S. The lowest BCUT2D eigenvalue weighted by atomic mass is 10.3. The van der Waals surface area contributed by atoms with Crippen LogP contribution < -0.4 is 19.5 Å². The molecule has 0 aromatic heterocycles. The van der Waals surface area contributed by atoms with Crippen LogP contribution in [0.4, 0.5) is 11.4 Å². The van der Waals surface area contributed by atoms with Crippen molar-refractivity contribution in [3.8, 4) is 11.5 Å². The van der Waals surface area contributed by atoms with E-state index in [1.165, 1.54) is 32.2 Å². The van der Waals surface area contributed by atoms with E-state index in [4.69, 9.17) is 9.47 Å². The van der Waals surface area contributed by atoms with Gasteiger partial charge < -0.3 is 14.8 Å². The van der Waals surface area contributed by atoms with Crippen molar-refractivity contribution in [3.05, 3.63) is 55.1 Å². The maximum Gasteiger partial charge on any atom is 0.261 e. The number of ether oxygens (including phenoxy) is 2. The van der Waals surface area contributed by atoms with Gasteiger partial charge in [0.1, 0.15) is 18.1 Å². The quantitative estimate of drug-likeness (QED) is 0.691. The third-order valence-electron chi connectivity index (χ3n) is 3.27. The number of methoxy groups -OCH3 is 1. The van der Waals surface area contributed by atoms with Crippen LogP contribution in [0.3, 0.4) is 0 Å². The number of hydrogen-bond acceptors (Lipinski definition) is 5. The van der Waals surface area contributed by atoms with Crippen LogP contribution in [0.1, 0.15) is 6.92 Å². The smallest absolute Gasteiger partial charge is 0.261 e. The van der Waals surface area contributed by atoms with Gasteiger partial charge in [0.15, 0.2) is 0 Å². The van der Waals surface area contributed by atoms with Crippen LogP contribution in [-0.2, 0) is 14.8 Å². The van der Waals surface area contributed by atoms with Gasteiger partial charge in [-0.05, 0) is 42.5 Å². The van der Waals surface area contributed by atoms with Crippen LogP contribution >= 0.6 is 0 Å². The molecule has 138 valence electrons. The van der Waals surface area contributed by atoms with Crippen molar-refractivity contribution in [2.75, 3.05) is 23.8 Å². The molecule has 2 aromatic rings. The first-order valence-corrected chi connectivity index (χ1v) is 9.16. The Morgan fingerprint density at radius 3 is 2.46 bits per heavy atom. The minimum atomic E-state index is -3.84. The lowest BCUT2D eigenvalue weighted by Crippen LogP contribution is -2.14. The number of benzene rings is 2. The summed E-state index contributed by atoms with van der Waals surface area (Å²) in [5, 5.41) is 2.55. The first-order valence-electron chi connectivity index (χ1n) is 7.68. The zero-order valence-corrected chi connectivity index (χ0v) is 15.3. The van der Waals surface area contributed by atoms with Crippen molar-refractivity contribution >= 4 is 27.3 Å². The first kappa shape index (κ1) is 19.3. The van der Waals surface area contributed by atoms with Gasteiger partial charge in [-0.3, -0.25) is 9.52 Å². The van der Waals surface area contributed by atoms with Crippen LogP contribution in [0.25, 0.3) is 0 Å². The van der Waals surface area contributed by atoms with Crippen LogP contribution in [0.15, 0.2) is 60.0 Å². The summed E-state index contributed by atoms with van der Waals surface area (Å²) in [7, 11) is -2.41. The average molecular weight is 376 g/mol. The summed E-state index contributed by atoms with van der Waals surface area (Å²) in [5.74, 6) is 0.633. The highest BCUT2D eigenvalue weighted by molar-refractivity contribution is 7.92. The maximum atomic E-state index is 12.6. The van der Waals surface area contributed by atoms with Crippen molar-refractivity contribution < 1.29 is 22.7 Å². The summed E-state index contributed by atoms with van der Waals surface area (Å²) >= 11 is 0. The molecule has 2 rings (SSSR count). The fraction of sp³-hybridized carbons (Fsp3) is 0.167. The zero-order valence-electron chi connectivity index (χ0n) is 14.5. The Morgan fingerprint density at radius 2 is 1.88 bits per heavy atom. The first-order chi connectivity index (χ1) is 12.4. The van der Waals surface area contributed by atoms with Gasteiger partial charge in [0, 0.05) is 12.6 Å². The van der Waals surface area contributed by atoms with E-state index in [1.807, 2.05) is 0 Å². The number of carbonyl (C=O) groups excluding carboxylic acids is 1. The fourth-order valence-corrected chi connectivity index (χ4v) is 3.21. The normalized spacial score (nSPS) is 10.7. The largest absolute Gasteiger partial charge is 0.495 e. The van der Waals surface area contributed by atoms with Crippen molar-refractivity contribution in [2.45, 2.75) is 11.8 Å². The van der Waals surface area contributed by atoms with E-state index >= 15 is 0 Å². The molecule has 0 saturated heterocycles. The topological polar surface area (TPSA) is 93.7 Å². The number of sulfonamides is 1. The fourth-order valence-electron chi connectivity index (χ4n) is 2.13. The number of hydrogen-bond donors (Lipinski definition) is 2. The van der Waals surface area contributed by atoms with E-state index in [-0.39, 0.29) is 16.5 Å². The van der Waals surface area contributed by atoms with Gasteiger partial charge in [-0.1, -0.05) is 12.7 Å². The molecule has 0 spiro atoms.